The molecule has 19 heavy (non-hydrogen) atoms. The van der Waals surface area contributed by atoms with Crippen molar-refractivity contribution < 1.29 is 13.5 Å². The van der Waals surface area contributed by atoms with Crippen LogP contribution in [0.4, 0.5) is 14.5 Å². The van der Waals surface area contributed by atoms with Crippen molar-refractivity contribution in [1.82, 2.24) is 0 Å². The molecule has 0 amide bonds. The van der Waals surface area contributed by atoms with E-state index in [2.05, 4.69) is 5.32 Å². The molecule has 1 N–H and O–H groups in total. The third-order valence-electron chi connectivity index (χ3n) is 2.68. The summed E-state index contributed by atoms with van der Waals surface area (Å²) in [6, 6.07) is 8.58. The molecule has 0 bridgehead atoms. The molecular weight excluding hydrogens is 272 g/mol. The summed E-state index contributed by atoms with van der Waals surface area (Å²) in [5, 5.41) is 3.31. The highest BCUT2D eigenvalue weighted by Crippen LogP contribution is 2.27. The third kappa shape index (κ3) is 3.15. The molecule has 0 radical (unpaired) electrons. The summed E-state index contributed by atoms with van der Waals surface area (Å²) in [7, 11) is 1.44. The molecule has 0 aromatic heterocycles. The number of hydrogen-bond donors (Lipinski definition) is 1. The van der Waals surface area contributed by atoms with E-state index in [4.69, 9.17) is 16.3 Å². The number of nitrogens with one attached hydrogen (secondary N) is 1. The maximum Gasteiger partial charge on any atom is 0.144 e. The SMILES string of the molecule is COc1cc(F)ccc1NCc1c(F)cccc1Cl. The average molecular weight is 284 g/mol. The molecule has 0 atom stereocenters. The van der Waals surface area contributed by atoms with Gasteiger partial charge in [0.2, 0.25) is 0 Å². The van der Waals surface area contributed by atoms with Gasteiger partial charge in [-0.2, -0.15) is 0 Å². The standard InChI is InChI=1S/C14H12ClF2NO/c1-19-14-7-9(16)5-6-13(14)18-8-10-11(15)3-2-4-12(10)17/h2-7,18H,8H2,1H3. The van der Waals surface area contributed by atoms with Crippen molar-refractivity contribution in [3.05, 3.63) is 58.6 Å². The quantitative estimate of drug-likeness (QED) is 0.906. The van der Waals surface area contributed by atoms with E-state index in [1.165, 1.54) is 31.4 Å². The topological polar surface area (TPSA) is 21.3 Å². The summed E-state index contributed by atoms with van der Waals surface area (Å²) in [5.41, 5.74) is 0.929. The molecule has 2 nitrogen and oxygen atoms in total. The fraction of sp³-hybridized carbons (Fsp3) is 0.143. The molecule has 2 aromatic carbocycles. The second kappa shape index (κ2) is 5.89. The third-order valence-corrected chi connectivity index (χ3v) is 3.03. The molecular formula is C14H12ClF2NO. The maximum absolute atomic E-state index is 13.6. The van der Waals surface area contributed by atoms with E-state index in [9.17, 15) is 8.78 Å². The minimum Gasteiger partial charge on any atom is -0.494 e. The zero-order chi connectivity index (χ0) is 13.8. The zero-order valence-corrected chi connectivity index (χ0v) is 11.0. The molecule has 0 fully saturated rings. The molecule has 0 aliphatic carbocycles. The van der Waals surface area contributed by atoms with Crippen molar-refractivity contribution in [3.63, 3.8) is 0 Å². The molecule has 0 aliphatic rings. The summed E-state index contributed by atoms with van der Waals surface area (Å²) in [6.45, 7) is 0.188. The van der Waals surface area contributed by atoms with Gasteiger partial charge in [0.05, 0.1) is 12.8 Å². The fourth-order valence-electron chi connectivity index (χ4n) is 1.70. The van der Waals surface area contributed by atoms with Crippen molar-refractivity contribution in [2.24, 2.45) is 0 Å². The highest BCUT2D eigenvalue weighted by atomic mass is 35.5. The Bertz CT molecular complexity index is 569. The van der Waals surface area contributed by atoms with Crippen molar-refractivity contribution in [1.29, 1.82) is 0 Å². The van der Waals surface area contributed by atoms with Gasteiger partial charge in [-0.25, -0.2) is 8.78 Å². The molecule has 2 rings (SSSR count). The molecule has 0 aliphatic heterocycles. The first-order valence-corrected chi connectivity index (χ1v) is 6.00. The number of hydrogen-bond acceptors (Lipinski definition) is 2. The predicted molar refractivity (Wildman–Crippen MR) is 71.7 cm³/mol. The van der Waals surface area contributed by atoms with Gasteiger partial charge in [-0.1, -0.05) is 17.7 Å². The van der Waals surface area contributed by atoms with Crippen LogP contribution in [0.2, 0.25) is 5.02 Å². The molecule has 2 aromatic rings. The van der Waals surface area contributed by atoms with Crippen LogP contribution in [0.15, 0.2) is 36.4 Å². The van der Waals surface area contributed by atoms with Crippen LogP contribution in [0.25, 0.3) is 0 Å². The summed E-state index contributed by atoms with van der Waals surface area (Å²) in [6.07, 6.45) is 0. The number of halogens is 3. The van der Waals surface area contributed by atoms with E-state index in [0.29, 0.717) is 22.0 Å². The van der Waals surface area contributed by atoms with Crippen LogP contribution in [0.3, 0.4) is 0 Å². The summed E-state index contributed by atoms with van der Waals surface area (Å²) in [5.74, 6) is -0.431. The number of anilines is 1. The maximum atomic E-state index is 13.6. The van der Waals surface area contributed by atoms with Gasteiger partial charge in [0.25, 0.3) is 0 Å². The molecule has 0 saturated heterocycles. The van der Waals surface area contributed by atoms with Gasteiger partial charge in [-0.05, 0) is 24.3 Å². The number of methoxy groups -OCH3 is 1. The Balaban J connectivity index is 2.19. The largest absolute Gasteiger partial charge is 0.494 e. The van der Waals surface area contributed by atoms with Crippen LogP contribution < -0.4 is 10.1 Å². The Labute approximate surface area is 115 Å². The Morgan fingerprint density at radius 2 is 2.00 bits per heavy atom. The summed E-state index contributed by atoms with van der Waals surface area (Å²) in [4.78, 5) is 0. The first-order valence-electron chi connectivity index (χ1n) is 5.62. The minimum atomic E-state index is -0.397. The Morgan fingerprint density at radius 1 is 1.21 bits per heavy atom. The molecule has 0 saturated carbocycles. The fourth-order valence-corrected chi connectivity index (χ4v) is 1.93. The van der Waals surface area contributed by atoms with Crippen LogP contribution in [-0.4, -0.2) is 7.11 Å². The smallest absolute Gasteiger partial charge is 0.144 e. The summed E-state index contributed by atoms with van der Waals surface area (Å²) >= 11 is 5.92. The van der Waals surface area contributed by atoms with Gasteiger partial charge in [0, 0.05) is 23.2 Å². The molecule has 0 heterocycles. The lowest BCUT2D eigenvalue weighted by Crippen LogP contribution is -2.04. The zero-order valence-electron chi connectivity index (χ0n) is 10.2. The van der Waals surface area contributed by atoms with Crippen LogP contribution >= 0.6 is 11.6 Å². The van der Waals surface area contributed by atoms with Crippen molar-refractivity contribution in [2.75, 3.05) is 12.4 Å². The lowest BCUT2D eigenvalue weighted by atomic mass is 10.2. The van der Waals surface area contributed by atoms with Gasteiger partial charge in [0.15, 0.2) is 0 Å². The minimum absolute atomic E-state index is 0.188. The lowest BCUT2D eigenvalue weighted by molar-refractivity contribution is 0.413. The van der Waals surface area contributed by atoms with Crippen molar-refractivity contribution in [3.8, 4) is 5.75 Å². The average Bonchev–Trinajstić information content (AvgIpc) is 2.39. The van der Waals surface area contributed by atoms with Gasteiger partial charge in [0.1, 0.15) is 17.4 Å². The Hall–Kier alpha value is -1.81. The van der Waals surface area contributed by atoms with Gasteiger partial charge >= 0.3 is 0 Å². The Kier molecular flexibility index (Phi) is 4.22. The van der Waals surface area contributed by atoms with E-state index in [-0.39, 0.29) is 12.4 Å². The molecule has 0 spiro atoms. The molecule has 100 valence electrons. The van der Waals surface area contributed by atoms with Crippen LogP contribution in [-0.2, 0) is 6.54 Å². The predicted octanol–water partition coefficient (Wildman–Crippen LogP) is 4.24. The van der Waals surface area contributed by atoms with Crippen molar-refractivity contribution >= 4 is 17.3 Å². The van der Waals surface area contributed by atoms with Gasteiger partial charge in [-0.3, -0.25) is 0 Å². The molecule has 5 heteroatoms. The highest BCUT2D eigenvalue weighted by Gasteiger charge is 2.09. The monoisotopic (exact) mass is 283 g/mol. The Morgan fingerprint density at radius 3 is 2.68 bits per heavy atom. The van der Waals surface area contributed by atoms with E-state index >= 15 is 0 Å². The number of benzene rings is 2. The van der Waals surface area contributed by atoms with E-state index in [0.717, 1.165) is 0 Å². The van der Waals surface area contributed by atoms with Crippen LogP contribution in [0.1, 0.15) is 5.56 Å². The second-order valence-electron chi connectivity index (χ2n) is 3.90. The second-order valence-corrected chi connectivity index (χ2v) is 4.31. The van der Waals surface area contributed by atoms with Crippen LogP contribution in [0.5, 0.6) is 5.75 Å². The van der Waals surface area contributed by atoms with E-state index in [1.54, 1.807) is 12.1 Å². The summed E-state index contributed by atoms with van der Waals surface area (Å²) < 4.78 is 31.7. The first kappa shape index (κ1) is 13.6. The highest BCUT2D eigenvalue weighted by molar-refractivity contribution is 6.31. The van der Waals surface area contributed by atoms with Crippen LogP contribution in [0, 0.1) is 11.6 Å². The first-order chi connectivity index (χ1) is 9.11. The van der Waals surface area contributed by atoms with Crippen molar-refractivity contribution in [2.45, 2.75) is 6.54 Å². The number of ether oxygens (including phenoxy) is 1. The van der Waals surface area contributed by atoms with Gasteiger partial charge in [-0.15, -0.1) is 0 Å². The lowest BCUT2D eigenvalue weighted by Gasteiger charge is -2.12. The molecule has 0 unspecified atom stereocenters. The van der Waals surface area contributed by atoms with E-state index in [1.807, 2.05) is 0 Å². The van der Waals surface area contributed by atoms with Gasteiger partial charge < -0.3 is 10.1 Å². The normalized spacial score (nSPS) is 10.3. The van der Waals surface area contributed by atoms with E-state index < -0.39 is 5.82 Å². The number of rotatable bonds is 4.